The third-order valence-corrected chi connectivity index (χ3v) is 5.77. The van der Waals surface area contributed by atoms with E-state index in [2.05, 4.69) is 5.32 Å². The molecule has 1 N–H and O–H groups in total. The van der Waals surface area contributed by atoms with Gasteiger partial charge in [0.25, 0.3) is 5.91 Å². The number of nitrogens with zero attached hydrogens (tertiary/aromatic N) is 2. The Balaban J connectivity index is 1.50. The number of carbonyl (C=O) groups is 2. The maximum Gasteiger partial charge on any atom is 0.265 e. The number of anilines is 2. The number of methoxy groups -OCH3 is 1. The molecule has 1 fully saturated rings. The highest BCUT2D eigenvalue weighted by Crippen LogP contribution is 2.34. The van der Waals surface area contributed by atoms with Gasteiger partial charge in [0.2, 0.25) is 5.91 Å². The number of ether oxygens (including phenoxy) is 2. The van der Waals surface area contributed by atoms with Crippen LogP contribution in [0.2, 0.25) is 0 Å². The Morgan fingerprint density at radius 3 is 2.68 bits per heavy atom. The normalized spacial score (nSPS) is 18.1. The molecule has 2 amide bonds. The summed E-state index contributed by atoms with van der Waals surface area (Å²) in [6.07, 6.45) is 2.60. The molecule has 2 aliphatic rings. The van der Waals surface area contributed by atoms with Crippen molar-refractivity contribution < 1.29 is 19.1 Å². The molecule has 0 aromatic heterocycles. The SMILES string of the molecule is COc1ccc(C)cc1NC(=O)CN1C[C@H](C(=O)N2CCCCC2)Oc2ccccc21. The summed E-state index contributed by atoms with van der Waals surface area (Å²) in [5.74, 6) is 1.06. The minimum Gasteiger partial charge on any atom is -0.495 e. The second kappa shape index (κ2) is 9.29. The summed E-state index contributed by atoms with van der Waals surface area (Å²) in [6.45, 7) is 3.96. The van der Waals surface area contributed by atoms with Crippen LogP contribution in [-0.4, -0.2) is 56.1 Å². The van der Waals surface area contributed by atoms with Crippen molar-refractivity contribution in [3.8, 4) is 11.5 Å². The van der Waals surface area contributed by atoms with Crippen LogP contribution in [-0.2, 0) is 9.59 Å². The molecule has 4 rings (SSSR count). The number of aryl methyl sites for hydroxylation is 1. The standard InChI is InChI=1S/C24H29N3O4/c1-17-10-11-20(30-2)18(14-17)25-23(28)16-27-15-22(24(29)26-12-6-3-7-13-26)31-21-9-5-4-8-19(21)27/h4-5,8-11,14,22H,3,6-7,12-13,15-16H2,1-2H3,(H,25,28)/t22-/m1/s1. The lowest BCUT2D eigenvalue weighted by molar-refractivity contribution is -0.139. The molecule has 2 aromatic carbocycles. The molecule has 7 heteroatoms. The Kier molecular flexibility index (Phi) is 6.30. The molecule has 2 aliphatic heterocycles. The quantitative estimate of drug-likeness (QED) is 0.800. The highest BCUT2D eigenvalue weighted by molar-refractivity contribution is 5.96. The Bertz CT molecular complexity index is 956. The molecule has 7 nitrogen and oxygen atoms in total. The Morgan fingerprint density at radius 2 is 1.90 bits per heavy atom. The van der Waals surface area contributed by atoms with Gasteiger partial charge in [0.05, 0.1) is 31.6 Å². The van der Waals surface area contributed by atoms with Crippen LogP contribution in [0, 0.1) is 6.92 Å². The summed E-state index contributed by atoms with van der Waals surface area (Å²) in [5, 5.41) is 2.95. The molecule has 31 heavy (non-hydrogen) atoms. The molecule has 0 aliphatic carbocycles. The molecule has 164 valence electrons. The zero-order valence-corrected chi connectivity index (χ0v) is 18.1. The molecule has 0 spiro atoms. The fourth-order valence-corrected chi connectivity index (χ4v) is 4.19. The Morgan fingerprint density at radius 1 is 1.13 bits per heavy atom. The van der Waals surface area contributed by atoms with Gasteiger partial charge in [0.1, 0.15) is 11.5 Å². The number of benzene rings is 2. The van der Waals surface area contributed by atoms with Gasteiger partial charge in [-0.1, -0.05) is 18.2 Å². The largest absolute Gasteiger partial charge is 0.495 e. The predicted molar refractivity (Wildman–Crippen MR) is 120 cm³/mol. The number of nitrogens with one attached hydrogen (secondary N) is 1. The van der Waals surface area contributed by atoms with E-state index in [1.807, 2.05) is 59.2 Å². The fourth-order valence-electron chi connectivity index (χ4n) is 4.19. The number of carbonyl (C=O) groups excluding carboxylic acids is 2. The van der Waals surface area contributed by atoms with Gasteiger partial charge in [-0.05, 0) is 56.0 Å². The summed E-state index contributed by atoms with van der Waals surface area (Å²) < 4.78 is 11.4. The Hall–Kier alpha value is -3.22. The molecule has 0 bridgehead atoms. The number of hydrogen-bond donors (Lipinski definition) is 1. The summed E-state index contributed by atoms with van der Waals surface area (Å²) in [7, 11) is 1.58. The number of para-hydroxylation sites is 2. The summed E-state index contributed by atoms with van der Waals surface area (Å²) in [4.78, 5) is 29.8. The van der Waals surface area contributed by atoms with E-state index in [1.54, 1.807) is 7.11 Å². The van der Waals surface area contributed by atoms with E-state index in [0.717, 1.165) is 43.6 Å². The molecular weight excluding hydrogens is 394 g/mol. The second-order valence-electron chi connectivity index (χ2n) is 8.09. The highest BCUT2D eigenvalue weighted by atomic mass is 16.5. The minimum atomic E-state index is -0.616. The monoisotopic (exact) mass is 423 g/mol. The minimum absolute atomic E-state index is 0.0000328. The van der Waals surface area contributed by atoms with Crippen molar-refractivity contribution >= 4 is 23.2 Å². The van der Waals surface area contributed by atoms with Gasteiger partial charge in [0.15, 0.2) is 6.10 Å². The van der Waals surface area contributed by atoms with Crippen LogP contribution in [0.15, 0.2) is 42.5 Å². The number of hydrogen-bond acceptors (Lipinski definition) is 5. The summed E-state index contributed by atoms with van der Waals surface area (Å²) >= 11 is 0. The molecule has 0 radical (unpaired) electrons. The first-order chi connectivity index (χ1) is 15.0. The zero-order valence-electron chi connectivity index (χ0n) is 18.1. The van der Waals surface area contributed by atoms with Crippen molar-refractivity contribution in [2.45, 2.75) is 32.3 Å². The van der Waals surface area contributed by atoms with Gasteiger partial charge < -0.3 is 24.6 Å². The highest BCUT2D eigenvalue weighted by Gasteiger charge is 2.34. The van der Waals surface area contributed by atoms with Crippen LogP contribution in [0.1, 0.15) is 24.8 Å². The van der Waals surface area contributed by atoms with Crippen molar-refractivity contribution in [2.75, 3.05) is 43.5 Å². The molecule has 0 saturated carbocycles. The smallest absolute Gasteiger partial charge is 0.265 e. The van der Waals surface area contributed by atoms with Crippen LogP contribution < -0.4 is 19.7 Å². The van der Waals surface area contributed by atoms with Crippen LogP contribution in [0.5, 0.6) is 11.5 Å². The summed E-state index contributed by atoms with van der Waals surface area (Å²) in [5.41, 5.74) is 2.48. The lowest BCUT2D eigenvalue weighted by Gasteiger charge is -2.38. The summed E-state index contributed by atoms with van der Waals surface area (Å²) in [6, 6.07) is 13.2. The van der Waals surface area contributed by atoms with Crippen LogP contribution >= 0.6 is 0 Å². The van der Waals surface area contributed by atoms with Crippen LogP contribution in [0.3, 0.4) is 0 Å². The van der Waals surface area contributed by atoms with E-state index >= 15 is 0 Å². The first-order valence-corrected chi connectivity index (χ1v) is 10.8. The molecule has 2 heterocycles. The van der Waals surface area contributed by atoms with E-state index in [9.17, 15) is 9.59 Å². The van der Waals surface area contributed by atoms with E-state index in [4.69, 9.17) is 9.47 Å². The molecule has 1 saturated heterocycles. The van der Waals surface area contributed by atoms with E-state index in [0.29, 0.717) is 23.7 Å². The molecule has 2 aromatic rings. The number of fused-ring (bicyclic) bond motifs is 1. The van der Waals surface area contributed by atoms with Gasteiger partial charge in [-0.2, -0.15) is 0 Å². The first kappa shape index (κ1) is 21.0. The fraction of sp³-hybridized carbons (Fsp3) is 0.417. The van der Waals surface area contributed by atoms with Crippen molar-refractivity contribution in [2.24, 2.45) is 0 Å². The average molecular weight is 424 g/mol. The van der Waals surface area contributed by atoms with Gasteiger partial charge >= 0.3 is 0 Å². The van der Waals surface area contributed by atoms with Crippen molar-refractivity contribution in [1.82, 2.24) is 4.90 Å². The van der Waals surface area contributed by atoms with Crippen LogP contribution in [0.25, 0.3) is 0 Å². The van der Waals surface area contributed by atoms with Crippen molar-refractivity contribution in [3.05, 3.63) is 48.0 Å². The Labute approximate surface area is 182 Å². The number of amides is 2. The predicted octanol–water partition coefficient (Wildman–Crippen LogP) is 3.22. The van der Waals surface area contributed by atoms with Crippen LogP contribution in [0.4, 0.5) is 11.4 Å². The second-order valence-corrected chi connectivity index (χ2v) is 8.09. The molecule has 1 atom stereocenters. The number of likely N-dealkylation sites (tertiary alicyclic amines) is 1. The van der Waals surface area contributed by atoms with Gasteiger partial charge in [0, 0.05) is 13.1 Å². The van der Waals surface area contributed by atoms with Crippen molar-refractivity contribution in [1.29, 1.82) is 0 Å². The van der Waals surface area contributed by atoms with E-state index < -0.39 is 6.10 Å². The molecule has 0 unspecified atom stereocenters. The van der Waals surface area contributed by atoms with E-state index in [1.165, 1.54) is 0 Å². The van der Waals surface area contributed by atoms with Gasteiger partial charge in [-0.15, -0.1) is 0 Å². The number of rotatable bonds is 5. The van der Waals surface area contributed by atoms with Crippen molar-refractivity contribution in [3.63, 3.8) is 0 Å². The third-order valence-electron chi connectivity index (χ3n) is 5.77. The van der Waals surface area contributed by atoms with E-state index in [-0.39, 0.29) is 18.4 Å². The third kappa shape index (κ3) is 4.76. The topological polar surface area (TPSA) is 71.1 Å². The number of piperidine rings is 1. The zero-order chi connectivity index (χ0) is 21.8. The lowest BCUT2D eigenvalue weighted by atomic mass is 10.1. The van der Waals surface area contributed by atoms with Gasteiger partial charge in [-0.3, -0.25) is 9.59 Å². The molecular formula is C24H29N3O4. The maximum absolute atomic E-state index is 13.1. The first-order valence-electron chi connectivity index (χ1n) is 10.8. The maximum atomic E-state index is 13.1. The lowest BCUT2D eigenvalue weighted by Crippen LogP contribution is -2.52. The average Bonchev–Trinajstić information content (AvgIpc) is 2.79. The van der Waals surface area contributed by atoms with Gasteiger partial charge in [-0.25, -0.2) is 0 Å².